The van der Waals surface area contributed by atoms with Crippen LogP contribution in [0.3, 0.4) is 0 Å². The van der Waals surface area contributed by atoms with Crippen molar-refractivity contribution >= 4 is 38.4 Å². The summed E-state index contributed by atoms with van der Waals surface area (Å²) < 4.78 is 11.4. The van der Waals surface area contributed by atoms with Gasteiger partial charge in [-0.15, -0.1) is 0 Å². The second kappa shape index (κ2) is 6.90. The lowest BCUT2D eigenvalue weighted by atomic mass is 10.1. The Morgan fingerprint density at radius 1 is 1.00 bits per heavy atom. The molecule has 128 valence electrons. The predicted molar refractivity (Wildman–Crippen MR) is 97.1 cm³/mol. The first-order chi connectivity index (χ1) is 12.0. The quantitative estimate of drug-likeness (QED) is 0.704. The average molecular weight is 356 g/mol. The molecule has 3 aromatic rings. The van der Waals surface area contributed by atoms with E-state index in [9.17, 15) is 9.59 Å². The zero-order chi connectivity index (χ0) is 18.0. The summed E-state index contributed by atoms with van der Waals surface area (Å²) in [5.74, 6) is 0.864. The first kappa shape index (κ1) is 16.9. The highest BCUT2D eigenvalue weighted by atomic mass is 32.1. The molecule has 25 heavy (non-hydrogen) atoms. The number of hydrogen-bond donors (Lipinski definition) is 1. The van der Waals surface area contributed by atoms with Crippen molar-refractivity contribution in [1.29, 1.82) is 0 Å². The van der Waals surface area contributed by atoms with E-state index in [2.05, 4.69) is 10.3 Å². The van der Waals surface area contributed by atoms with Crippen molar-refractivity contribution in [1.82, 2.24) is 4.98 Å². The molecule has 0 atom stereocenters. The van der Waals surface area contributed by atoms with Gasteiger partial charge >= 0.3 is 0 Å². The summed E-state index contributed by atoms with van der Waals surface area (Å²) in [6.45, 7) is 1.48. The highest BCUT2D eigenvalue weighted by Crippen LogP contribution is 2.36. The minimum Gasteiger partial charge on any atom is -0.493 e. The van der Waals surface area contributed by atoms with Crippen molar-refractivity contribution in [3.05, 3.63) is 47.5 Å². The number of aromatic nitrogens is 1. The fourth-order valence-electron chi connectivity index (χ4n) is 2.33. The van der Waals surface area contributed by atoms with E-state index in [4.69, 9.17) is 9.47 Å². The van der Waals surface area contributed by atoms with Gasteiger partial charge in [-0.05, 0) is 19.1 Å². The summed E-state index contributed by atoms with van der Waals surface area (Å²) in [5.41, 5.74) is 1.74. The zero-order valence-corrected chi connectivity index (χ0v) is 14.8. The number of nitrogens with zero attached hydrogens (tertiary/aromatic N) is 1. The number of rotatable bonds is 5. The van der Waals surface area contributed by atoms with Crippen molar-refractivity contribution in [2.24, 2.45) is 0 Å². The van der Waals surface area contributed by atoms with Gasteiger partial charge in [-0.2, -0.15) is 0 Å². The number of amides is 1. The number of benzene rings is 2. The van der Waals surface area contributed by atoms with E-state index in [0.717, 1.165) is 4.70 Å². The van der Waals surface area contributed by atoms with Gasteiger partial charge in [0.05, 0.1) is 24.4 Å². The highest BCUT2D eigenvalue weighted by molar-refractivity contribution is 7.22. The van der Waals surface area contributed by atoms with Gasteiger partial charge in [0.25, 0.3) is 5.91 Å². The van der Waals surface area contributed by atoms with Gasteiger partial charge in [0.1, 0.15) is 0 Å². The zero-order valence-electron chi connectivity index (χ0n) is 14.0. The smallest absolute Gasteiger partial charge is 0.257 e. The molecule has 0 fully saturated rings. The van der Waals surface area contributed by atoms with Crippen LogP contribution in [0.4, 0.5) is 5.13 Å². The number of hydrogen-bond acceptors (Lipinski definition) is 6. The average Bonchev–Trinajstić information content (AvgIpc) is 3.01. The monoisotopic (exact) mass is 356 g/mol. The van der Waals surface area contributed by atoms with Crippen LogP contribution in [-0.2, 0) is 0 Å². The third-order valence-electron chi connectivity index (χ3n) is 3.67. The molecule has 1 N–H and O–H groups in total. The van der Waals surface area contributed by atoms with Gasteiger partial charge in [-0.3, -0.25) is 14.9 Å². The molecule has 7 heteroatoms. The molecule has 0 bridgehead atoms. The predicted octanol–water partition coefficient (Wildman–Crippen LogP) is 3.77. The molecule has 0 aliphatic heterocycles. The van der Waals surface area contributed by atoms with Crippen molar-refractivity contribution in [3.8, 4) is 11.5 Å². The second-order valence-electron chi connectivity index (χ2n) is 5.28. The van der Waals surface area contributed by atoms with Gasteiger partial charge in [0, 0.05) is 23.3 Å². The fourth-order valence-corrected chi connectivity index (χ4v) is 3.21. The Balaban J connectivity index is 1.84. The maximum absolute atomic E-state index is 12.3. The van der Waals surface area contributed by atoms with Crippen LogP contribution in [0, 0.1) is 0 Å². The van der Waals surface area contributed by atoms with E-state index in [1.165, 1.54) is 18.3 Å². The van der Waals surface area contributed by atoms with Crippen LogP contribution < -0.4 is 14.8 Å². The first-order valence-electron chi connectivity index (χ1n) is 7.46. The summed E-state index contributed by atoms with van der Waals surface area (Å²) in [5, 5.41) is 3.25. The van der Waals surface area contributed by atoms with Gasteiger partial charge in [0.15, 0.2) is 22.4 Å². The molecule has 1 amide bonds. The lowest BCUT2D eigenvalue weighted by Gasteiger charge is -2.05. The Labute approximate surface area is 148 Å². The molecule has 0 aliphatic rings. The number of carbonyl (C=O) groups excluding carboxylic acids is 2. The van der Waals surface area contributed by atoms with Gasteiger partial charge in [-0.1, -0.05) is 23.5 Å². The van der Waals surface area contributed by atoms with E-state index in [-0.39, 0.29) is 11.7 Å². The number of methoxy groups -OCH3 is 2. The SMILES string of the molecule is COc1cc2nc(NC(=O)c3ccc(C(C)=O)cc3)sc2cc1OC. The minimum atomic E-state index is -0.284. The summed E-state index contributed by atoms with van der Waals surface area (Å²) in [7, 11) is 3.13. The Kier molecular flexibility index (Phi) is 4.67. The van der Waals surface area contributed by atoms with Crippen LogP contribution in [0.15, 0.2) is 36.4 Å². The topological polar surface area (TPSA) is 77.5 Å². The van der Waals surface area contributed by atoms with E-state index < -0.39 is 0 Å². The number of carbonyl (C=O) groups is 2. The first-order valence-corrected chi connectivity index (χ1v) is 8.28. The normalized spacial score (nSPS) is 10.5. The Morgan fingerprint density at radius 2 is 1.60 bits per heavy atom. The molecule has 1 aromatic heterocycles. The number of anilines is 1. The van der Waals surface area contributed by atoms with Gasteiger partial charge in [-0.25, -0.2) is 4.98 Å². The lowest BCUT2D eigenvalue weighted by Crippen LogP contribution is -2.11. The van der Waals surface area contributed by atoms with Crippen molar-refractivity contribution in [2.45, 2.75) is 6.92 Å². The molecular weight excluding hydrogens is 340 g/mol. The van der Waals surface area contributed by atoms with Crippen LogP contribution in [0.2, 0.25) is 0 Å². The third kappa shape index (κ3) is 3.46. The summed E-state index contributed by atoms with van der Waals surface area (Å²) >= 11 is 1.34. The molecule has 0 saturated heterocycles. The van der Waals surface area contributed by atoms with E-state index in [1.807, 2.05) is 6.07 Å². The van der Waals surface area contributed by atoms with Crippen molar-refractivity contribution in [3.63, 3.8) is 0 Å². The molecule has 0 spiro atoms. The van der Waals surface area contributed by atoms with Crippen molar-refractivity contribution in [2.75, 3.05) is 19.5 Å². The molecule has 0 aliphatic carbocycles. The van der Waals surface area contributed by atoms with E-state index >= 15 is 0 Å². The van der Waals surface area contributed by atoms with E-state index in [1.54, 1.807) is 44.6 Å². The maximum atomic E-state index is 12.3. The van der Waals surface area contributed by atoms with Crippen LogP contribution in [-0.4, -0.2) is 30.9 Å². The van der Waals surface area contributed by atoms with E-state index in [0.29, 0.717) is 33.3 Å². The number of thiazole rings is 1. The minimum absolute atomic E-state index is 0.0407. The molecule has 2 aromatic carbocycles. The Bertz CT molecular complexity index is 907. The van der Waals surface area contributed by atoms with Crippen LogP contribution in [0.25, 0.3) is 10.2 Å². The molecule has 0 unspecified atom stereocenters. The number of Topliss-reactive ketones (excluding diaryl/α,β-unsaturated/α-hetero) is 1. The van der Waals surface area contributed by atoms with Gasteiger partial charge in [0.2, 0.25) is 0 Å². The van der Waals surface area contributed by atoms with Gasteiger partial charge < -0.3 is 9.47 Å². The van der Waals surface area contributed by atoms with Crippen LogP contribution in [0.1, 0.15) is 27.6 Å². The summed E-state index contributed by atoms with van der Waals surface area (Å²) in [6, 6.07) is 10.1. The third-order valence-corrected chi connectivity index (χ3v) is 4.60. The highest BCUT2D eigenvalue weighted by Gasteiger charge is 2.13. The molecular formula is C18H16N2O4S. The largest absolute Gasteiger partial charge is 0.493 e. The van der Waals surface area contributed by atoms with Crippen LogP contribution >= 0.6 is 11.3 Å². The molecule has 6 nitrogen and oxygen atoms in total. The maximum Gasteiger partial charge on any atom is 0.257 e. The molecule has 0 saturated carbocycles. The van der Waals surface area contributed by atoms with Crippen molar-refractivity contribution < 1.29 is 19.1 Å². The Morgan fingerprint density at radius 3 is 2.20 bits per heavy atom. The molecule has 0 radical (unpaired) electrons. The summed E-state index contributed by atoms with van der Waals surface area (Å²) in [4.78, 5) is 28.0. The number of fused-ring (bicyclic) bond motifs is 1. The number of nitrogens with one attached hydrogen (secondary N) is 1. The molecule has 3 rings (SSSR count). The fraction of sp³-hybridized carbons (Fsp3) is 0.167. The number of ketones is 1. The second-order valence-corrected chi connectivity index (χ2v) is 6.31. The standard InChI is InChI=1S/C18H16N2O4S/c1-10(21)11-4-6-12(7-5-11)17(22)20-18-19-13-8-14(23-2)15(24-3)9-16(13)25-18/h4-9H,1-3H3,(H,19,20,22). The van der Waals surface area contributed by atoms with Crippen LogP contribution in [0.5, 0.6) is 11.5 Å². The lowest BCUT2D eigenvalue weighted by molar-refractivity contribution is 0.101. The summed E-state index contributed by atoms with van der Waals surface area (Å²) in [6.07, 6.45) is 0. The Hall–Kier alpha value is -2.93. The number of ether oxygens (including phenoxy) is 2. The molecule has 1 heterocycles.